The highest BCUT2D eigenvalue weighted by molar-refractivity contribution is 6.34. The molecule has 0 aliphatic carbocycles. The molecule has 0 spiro atoms. The fourth-order valence-electron chi connectivity index (χ4n) is 2.57. The molecule has 0 unspecified atom stereocenters. The van der Waals surface area contributed by atoms with Crippen LogP contribution in [0.1, 0.15) is 18.3 Å². The van der Waals surface area contributed by atoms with Crippen molar-refractivity contribution in [2.75, 3.05) is 13.1 Å². The third kappa shape index (κ3) is 4.86. The first-order chi connectivity index (χ1) is 12.7. The van der Waals surface area contributed by atoms with Gasteiger partial charge in [-0.05, 0) is 49.2 Å². The van der Waals surface area contributed by atoms with Gasteiger partial charge < -0.3 is 10.6 Å². The average molecular weight is 391 g/mol. The van der Waals surface area contributed by atoms with Crippen LogP contribution in [0.4, 0.5) is 0 Å². The average Bonchev–Trinajstić information content (AvgIpc) is 3.02. The molecule has 0 saturated heterocycles. The Bertz CT molecular complexity index is 885. The quantitative estimate of drug-likeness (QED) is 0.500. The molecule has 0 atom stereocenters. The molecule has 2 heterocycles. The molecule has 1 aromatic carbocycles. The molecule has 0 aliphatic rings. The molecule has 3 rings (SSSR count). The number of aromatic nitrogens is 3. The van der Waals surface area contributed by atoms with E-state index in [2.05, 4.69) is 25.8 Å². The van der Waals surface area contributed by atoms with Gasteiger partial charge in [0, 0.05) is 29.3 Å². The first-order valence-electron chi connectivity index (χ1n) is 8.41. The Morgan fingerprint density at radius 2 is 1.92 bits per heavy atom. The summed E-state index contributed by atoms with van der Waals surface area (Å²) in [4.78, 5) is 4.59. The molecule has 26 heavy (non-hydrogen) atoms. The van der Waals surface area contributed by atoms with Gasteiger partial charge in [0.15, 0.2) is 17.4 Å². The molecule has 0 radical (unpaired) electrons. The Morgan fingerprint density at radius 3 is 2.69 bits per heavy atom. The van der Waals surface area contributed by atoms with E-state index in [0.29, 0.717) is 23.1 Å². The highest BCUT2D eigenvalue weighted by Gasteiger charge is 2.05. The van der Waals surface area contributed by atoms with Crippen LogP contribution < -0.4 is 10.6 Å². The van der Waals surface area contributed by atoms with Crippen molar-refractivity contribution in [1.29, 1.82) is 0 Å². The van der Waals surface area contributed by atoms with Crippen LogP contribution in [0.2, 0.25) is 10.0 Å². The summed E-state index contributed by atoms with van der Waals surface area (Å²) in [6, 6.07) is 11.4. The second-order valence-electron chi connectivity index (χ2n) is 5.69. The van der Waals surface area contributed by atoms with Crippen LogP contribution in [0.3, 0.4) is 0 Å². The fraction of sp³-hybridized carbons (Fsp3) is 0.278. The van der Waals surface area contributed by atoms with E-state index in [0.717, 1.165) is 36.0 Å². The SMILES string of the molecule is CCNC(=NCc1nnc2ccccn12)NCCc1cc(Cl)cc(Cl)c1. The monoisotopic (exact) mass is 390 g/mol. The summed E-state index contributed by atoms with van der Waals surface area (Å²) in [5.74, 6) is 1.52. The van der Waals surface area contributed by atoms with Crippen molar-refractivity contribution in [3.8, 4) is 0 Å². The first kappa shape index (κ1) is 18.5. The Labute approximate surface area is 162 Å². The number of hydrogen-bond acceptors (Lipinski definition) is 3. The van der Waals surface area contributed by atoms with Crippen LogP contribution >= 0.6 is 23.2 Å². The lowest BCUT2D eigenvalue weighted by Crippen LogP contribution is -2.38. The number of halogens is 2. The maximum Gasteiger partial charge on any atom is 0.191 e. The highest BCUT2D eigenvalue weighted by Crippen LogP contribution is 2.19. The summed E-state index contributed by atoms with van der Waals surface area (Å²) in [6.07, 6.45) is 2.72. The maximum atomic E-state index is 6.04. The zero-order chi connectivity index (χ0) is 18.4. The van der Waals surface area contributed by atoms with Crippen molar-refractivity contribution in [3.05, 3.63) is 64.0 Å². The van der Waals surface area contributed by atoms with Crippen molar-refractivity contribution >= 4 is 34.8 Å². The number of nitrogens with one attached hydrogen (secondary N) is 2. The van der Waals surface area contributed by atoms with Crippen molar-refractivity contribution in [3.63, 3.8) is 0 Å². The van der Waals surface area contributed by atoms with Gasteiger partial charge >= 0.3 is 0 Å². The normalized spacial score (nSPS) is 11.7. The van der Waals surface area contributed by atoms with Crippen molar-refractivity contribution in [2.45, 2.75) is 19.9 Å². The summed E-state index contributed by atoms with van der Waals surface area (Å²) in [7, 11) is 0. The zero-order valence-corrected chi connectivity index (χ0v) is 15.9. The number of rotatable bonds is 6. The minimum atomic E-state index is 0.434. The van der Waals surface area contributed by atoms with Crippen LogP contribution in [-0.2, 0) is 13.0 Å². The van der Waals surface area contributed by atoms with Crippen LogP contribution in [0.5, 0.6) is 0 Å². The minimum Gasteiger partial charge on any atom is -0.357 e. The second-order valence-corrected chi connectivity index (χ2v) is 6.57. The number of guanidine groups is 1. The molecule has 3 aromatic rings. The van der Waals surface area contributed by atoms with Gasteiger partial charge in [0.1, 0.15) is 6.54 Å². The topological polar surface area (TPSA) is 66.6 Å². The summed E-state index contributed by atoms with van der Waals surface area (Å²) < 4.78 is 1.93. The maximum absolute atomic E-state index is 6.04. The smallest absolute Gasteiger partial charge is 0.191 e. The molecule has 0 saturated carbocycles. The van der Waals surface area contributed by atoms with E-state index in [-0.39, 0.29) is 0 Å². The summed E-state index contributed by atoms with van der Waals surface area (Å²) in [5, 5.41) is 16.2. The molecule has 0 amide bonds. The molecular formula is C18H20Cl2N6. The van der Waals surface area contributed by atoms with E-state index in [4.69, 9.17) is 23.2 Å². The van der Waals surface area contributed by atoms with Gasteiger partial charge in [-0.15, -0.1) is 10.2 Å². The molecule has 0 bridgehead atoms. The molecule has 136 valence electrons. The van der Waals surface area contributed by atoms with Gasteiger partial charge in [-0.3, -0.25) is 4.40 Å². The number of fused-ring (bicyclic) bond motifs is 1. The van der Waals surface area contributed by atoms with Gasteiger partial charge in [0.2, 0.25) is 0 Å². The third-order valence-corrected chi connectivity index (χ3v) is 4.17. The summed E-state index contributed by atoms with van der Waals surface area (Å²) >= 11 is 12.1. The molecule has 2 aromatic heterocycles. The Balaban J connectivity index is 1.62. The zero-order valence-electron chi connectivity index (χ0n) is 14.4. The molecule has 8 heteroatoms. The van der Waals surface area contributed by atoms with Gasteiger partial charge in [-0.1, -0.05) is 29.3 Å². The number of hydrogen-bond donors (Lipinski definition) is 2. The van der Waals surface area contributed by atoms with E-state index in [1.165, 1.54) is 0 Å². The molecule has 6 nitrogen and oxygen atoms in total. The van der Waals surface area contributed by atoms with E-state index in [1.54, 1.807) is 6.07 Å². The van der Waals surface area contributed by atoms with Crippen molar-refractivity contribution in [2.24, 2.45) is 4.99 Å². The molecular weight excluding hydrogens is 371 g/mol. The number of aliphatic imine (C=N–C) groups is 1. The highest BCUT2D eigenvalue weighted by atomic mass is 35.5. The Hall–Kier alpha value is -2.31. The third-order valence-electron chi connectivity index (χ3n) is 3.74. The van der Waals surface area contributed by atoms with Gasteiger partial charge in [0.25, 0.3) is 0 Å². The van der Waals surface area contributed by atoms with Gasteiger partial charge in [0.05, 0.1) is 0 Å². The van der Waals surface area contributed by atoms with E-state index in [9.17, 15) is 0 Å². The Kier molecular flexibility index (Phi) is 6.30. The molecule has 2 N–H and O–H groups in total. The fourth-order valence-corrected chi connectivity index (χ4v) is 3.14. The van der Waals surface area contributed by atoms with Crippen LogP contribution in [-0.4, -0.2) is 33.6 Å². The molecule has 0 aliphatic heterocycles. The van der Waals surface area contributed by atoms with Gasteiger partial charge in [-0.25, -0.2) is 4.99 Å². The van der Waals surface area contributed by atoms with Crippen LogP contribution in [0.15, 0.2) is 47.6 Å². The molecule has 0 fully saturated rings. The lowest BCUT2D eigenvalue weighted by Gasteiger charge is -2.11. The largest absolute Gasteiger partial charge is 0.357 e. The standard InChI is InChI=1S/C18H20Cl2N6/c1-2-21-18(22-7-6-13-9-14(19)11-15(20)10-13)23-12-17-25-24-16-5-3-4-8-26(16)17/h3-5,8-11H,2,6-7,12H2,1H3,(H2,21,22,23). The van der Waals surface area contributed by atoms with E-state index < -0.39 is 0 Å². The Morgan fingerprint density at radius 1 is 1.12 bits per heavy atom. The number of pyridine rings is 1. The van der Waals surface area contributed by atoms with E-state index in [1.807, 2.05) is 47.9 Å². The number of benzene rings is 1. The second kappa shape index (κ2) is 8.87. The van der Waals surface area contributed by atoms with Gasteiger partial charge in [-0.2, -0.15) is 0 Å². The predicted molar refractivity (Wildman–Crippen MR) is 106 cm³/mol. The minimum absolute atomic E-state index is 0.434. The number of nitrogens with zero attached hydrogens (tertiary/aromatic N) is 4. The summed E-state index contributed by atoms with van der Waals surface area (Å²) in [6.45, 7) is 3.95. The predicted octanol–water partition coefficient (Wildman–Crippen LogP) is 3.33. The summed E-state index contributed by atoms with van der Waals surface area (Å²) in [5.41, 5.74) is 1.89. The van der Waals surface area contributed by atoms with Crippen LogP contribution in [0, 0.1) is 0 Å². The van der Waals surface area contributed by atoms with E-state index >= 15 is 0 Å². The van der Waals surface area contributed by atoms with Crippen molar-refractivity contribution in [1.82, 2.24) is 25.2 Å². The van der Waals surface area contributed by atoms with Crippen LogP contribution in [0.25, 0.3) is 5.65 Å². The first-order valence-corrected chi connectivity index (χ1v) is 9.17. The lowest BCUT2D eigenvalue weighted by molar-refractivity contribution is 0.787. The lowest BCUT2D eigenvalue weighted by atomic mass is 10.1. The van der Waals surface area contributed by atoms with Crippen molar-refractivity contribution < 1.29 is 0 Å².